The summed E-state index contributed by atoms with van der Waals surface area (Å²) in [6.45, 7) is 3.01. The van der Waals surface area contributed by atoms with E-state index < -0.39 is 12.1 Å². The first-order chi connectivity index (χ1) is 6.13. The third kappa shape index (κ3) is 2.34. The maximum Gasteiger partial charge on any atom is 0.304 e. The maximum absolute atomic E-state index is 10.6. The van der Waals surface area contributed by atoms with Gasteiger partial charge in [-0.1, -0.05) is 0 Å². The summed E-state index contributed by atoms with van der Waals surface area (Å²) in [5.74, 6) is 0.540. The van der Waals surface area contributed by atoms with E-state index in [1.54, 1.807) is 19.1 Å². The van der Waals surface area contributed by atoms with Gasteiger partial charge in [0.1, 0.15) is 11.8 Å². The molecule has 1 heterocycles. The molecule has 0 fully saturated rings. The average Bonchev–Trinajstić information content (AvgIpc) is 2.47. The lowest BCUT2D eigenvalue weighted by atomic mass is 10.3. The highest BCUT2D eigenvalue weighted by molar-refractivity contribution is 5.66. The Morgan fingerprint density at radius 2 is 2.38 bits per heavy atom. The van der Waals surface area contributed by atoms with Crippen LogP contribution in [0.2, 0.25) is 0 Å². The zero-order chi connectivity index (χ0) is 9.84. The van der Waals surface area contributed by atoms with Crippen LogP contribution in [0, 0.1) is 18.3 Å². The van der Waals surface area contributed by atoms with Crippen LogP contribution in [0.3, 0.4) is 0 Å². The molecule has 0 aliphatic rings. The van der Waals surface area contributed by atoms with Gasteiger partial charge >= 0.3 is 5.97 Å². The topological polar surface area (TPSA) is 63.2 Å². The lowest BCUT2D eigenvalue weighted by molar-refractivity contribution is -0.144. The number of hydrogen-bond acceptors (Lipinski definition) is 4. The van der Waals surface area contributed by atoms with Gasteiger partial charge in [0, 0.05) is 6.92 Å². The largest absolute Gasteiger partial charge is 0.461 e. The highest BCUT2D eigenvalue weighted by Crippen LogP contribution is 2.18. The van der Waals surface area contributed by atoms with Gasteiger partial charge in [0.05, 0.1) is 0 Å². The highest BCUT2D eigenvalue weighted by Gasteiger charge is 2.16. The average molecular weight is 179 g/mol. The summed E-state index contributed by atoms with van der Waals surface area (Å²) in [7, 11) is 0. The first-order valence-corrected chi connectivity index (χ1v) is 3.76. The lowest BCUT2D eigenvalue weighted by Gasteiger charge is -2.04. The summed E-state index contributed by atoms with van der Waals surface area (Å²) in [6.07, 6.45) is -0.939. The molecule has 4 nitrogen and oxygen atoms in total. The smallest absolute Gasteiger partial charge is 0.304 e. The molecule has 0 radical (unpaired) electrons. The minimum Gasteiger partial charge on any atom is -0.461 e. The molecule has 0 aliphatic heterocycles. The number of rotatable bonds is 2. The number of nitriles is 1. The fourth-order valence-corrected chi connectivity index (χ4v) is 0.908. The minimum absolute atomic E-state index is 0.357. The van der Waals surface area contributed by atoms with E-state index in [9.17, 15) is 4.79 Å². The fourth-order valence-electron chi connectivity index (χ4n) is 0.908. The molecule has 68 valence electrons. The monoisotopic (exact) mass is 179 g/mol. The molecule has 1 aromatic rings. The zero-order valence-electron chi connectivity index (χ0n) is 7.40. The van der Waals surface area contributed by atoms with Crippen LogP contribution < -0.4 is 0 Å². The summed E-state index contributed by atoms with van der Waals surface area (Å²) >= 11 is 0. The molecule has 0 saturated carbocycles. The van der Waals surface area contributed by atoms with Crippen LogP contribution in [0.1, 0.15) is 24.5 Å². The summed E-state index contributed by atoms with van der Waals surface area (Å²) in [5.41, 5.74) is 0. The summed E-state index contributed by atoms with van der Waals surface area (Å²) < 4.78 is 9.84. The third-order valence-electron chi connectivity index (χ3n) is 1.42. The van der Waals surface area contributed by atoms with Gasteiger partial charge in [-0.05, 0) is 19.1 Å². The van der Waals surface area contributed by atoms with Crippen molar-refractivity contribution in [3.63, 3.8) is 0 Å². The Bertz CT molecular complexity index is 348. The summed E-state index contributed by atoms with van der Waals surface area (Å²) in [6, 6.07) is 5.15. The molecule has 0 unspecified atom stereocenters. The van der Waals surface area contributed by atoms with E-state index in [-0.39, 0.29) is 0 Å². The molecule has 1 atom stereocenters. The number of aryl methyl sites for hydroxylation is 1. The summed E-state index contributed by atoms with van der Waals surface area (Å²) in [4.78, 5) is 10.6. The van der Waals surface area contributed by atoms with E-state index in [1.165, 1.54) is 6.92 Å². The van der Waals surface area contributed by atoms with Gasteiger partial charge in [-0.25, -0.2) is 0 Å². The number of esters is 1. The molecular formula is C9H9NO3. The van der Waals surface area contributed by atoms with Crippen molar-refractivity contribution in [3.05, 3.63) is 23.7 Å². The van der Waals surface area contributed by atoms with E-state index in [4.69, 9.17) is 14.4 Å². The van der Waals surface area contributed by atoms with Gasteiger partial charge in [0.25, 0.3) is 0 Å². The van der Waals surface area contributed by atoms with E-state index in [2.05, 4.69) is 0 Å². The van der Waals surface area contributed by atoms with Crippen molar-refractivity contribution >= 4 is 5.97 Å². The Labute approximate surface area is 75.7 Å². The molecule has 4 heteroatoms. The van der Waals surface area contributed by atoms with Crippen LogP contribution in [-0.2, 0) is 9.53 Å². The van der Waals surface area contributed by atoms with Crippen LogP contribution in [0.4, 0.5) is 0 Å². The minimum atomic E-state index is -0.939. The predicted molar refractivity (Wildman–Crippen MR) is 43.6 cm³/mol. The van der Waals surface area contributed by atoms with Crippen LogP contribution in [0.15, 0.2) is 16.5 Å². The third-order valence-corrected chi connectivity index (χ3v) is 1.42. The summed E-state index contributed by atoms with van der Waals surface area (Å²) in [5, 5.41) is 8.65. The van der Waals surface area contributed by atoms with Gasteiger partial charge in [0.2, 0.25) is 6.10 Å². The Kier molecular flexibility index (Phi) is 2.70. The van der Waals surface area contributed by atoms with Gasteiger partial charge in [0.15, 0.2) is 5.76 Å². The normalized spacial score (nSPS) is 11.8. The van der Waals surface area contributed by atoms with Crippen molar-refractivity contribution in [2.24, 2.45) is 0 Å². The quantitative estimate of drug-likeness (QED) is 0.648. The number of carbonyl (C=O) groups excluding carboxylic acids is 1. The molecule has 13 heavy (non-hydrogen) atoms. The second-order valence-corrected chi connectivity index (χ2v) is 2.57. The molecule has 0 saturated heterocycles. The molecule has 1 rings (SSSR count). The number of nitrogens with zero attached hydrogens (tertiary/aromatic N) is 1. The lowest BCUT2D eigenvalue weighted by Crippen LogP contribution is -2.05. The standard InChI is InChI=1S/C9H9NO3/c1-6-3-4-8(12-6)9(5-10)13-7(2)11/h3-4,9H,1-2H3/t9-/m0/s1. The van der Waals surface area contributed by atoms with Gasteiger partial charge in [-0.3, -0.25) is 4.79 Å². The van der Waals surface area contributed by atoms with Crippen molar-refractivity contribution in [3.8, 4) is 6.07 Å². The SMILES string of the molecule is CC(=O)O[C@@H](C#N)c1ccc(C)o1. The molecule has 0 amide bonds. The number of furan rings is 1. The van der Waals surface area contributed by atoms with Crippen LogP contribution in [0.25, 0.3) is 0 Å². The molecule has 0 aliphatic carbocycles. The molecule has 0 bridgehead atoms. The highest BCUT2D eigenvalue weighted by atomic mass is 16.5. The Morgan fingerprint density at radius 3 is 2.77 bits per heavy atom. The second-order valence-electron chi connectivity index (χ2n) is 2.57. The van der Waals surface area contributed by atoms with E-state index in [1.807, 2.05) is 6.07 Å². The van der Waals surface area contributed by atoms with Crippen molar-refractivity contribution in [1.29, 1.82) is 5.26 Å². The fraction of sp³-hybridized carbons (Fsp3) is 0.333. The predicted octanol–water partition coefficient (Wildman–Crippen LogP) is 1.72. The van der Waals surface area contributed by atoms with E-state index >= 15 is 0 Å². The molecule has 1 aromatic heterocycles. The van der Waals surface area contributed by atoms with E-state index in [0.717, 1.165) is 0 Å². The first kappa shape index (κ1) is 9.33. The van der Waals surface area contributed by atoms with Crippen LogP contribution >= 0.6 is 0 Å². The van der Waals surface area contributed by atoms with Crippen molar-refractivity contribution < 1.29 is 13.9 Å². The van der Waals surface area contributed by atoms with Gasteiger partial charge < -0.3 is 9.15 Å². The Balaban J connectivity index is 2.80. The van der Waals surface area contributed by atoms with Crippen LogP contribution in [-0.4, -0.2) is 5.97 Å². The van der Waals surface area contributed by atoms with Gasteiger partial charge in [-0.2, -0.15) is 5.26 Å². The zero-order valence-corrected chi connectivity index (χ0v) is 7.40. The molecular weight excluding hydrogens is 170 g/mol. The van der Waals surface area contributed by atoms with Crippen LogP contribution in [0.5, 0.6) is 0 Å². The van der Waals surface area contributed by atoms with E-state index in [0.29, 0.717) is 11.5 Å². The number of ether oxygens (including phenoxy) is 1. The molecule has 0 spiro atoms. The first-order valence-electron chi connectivity index (χ1n) is 3.76. The van der Waals surface area contributed by atoms with Crippen molar-refractivity contribution in [2.75, 3.05) is 0 Å². The maximum atomic E-state index is 10.6. The molecule has 0 aromatic carbocycles. The van der Waals surface area contributed by atoms with Crippen molar-refractivity contribution in [1.82, 2.24) is 0 Å². The Hall–Kier alpha value is -1.76. The number of carbonyl (C=O) groups is 1. The Morgan fingerprint density at radius 1 is 1.69 bits per heavy atom. The number of hydrogen-bond donors (Lipinski definition) is 0. The van der Waals surface area contributed by atoms with Gasteiger partial charge in [-0.15, -0.1) is 0 Å². The second kappa shape index (κ2) is 3.76. The molecule has 0 N–H and O–H groups in total. The van der Waals surface area contributed by atoms with Crippen molar-refractivity contribution in [2.45, 2.75) is 20.0 Å².